The lowest BCUT2D eigenvalue weighted by molar-refractivity contribution is -0.883. The zero-order valence-corrected chi connectivity index (χ0v) is 15.4. The minimum Gasteiger partial charge on any atom is -0.336 e. The van der Waals surface area contributed by atoms with Crippen molar-refractivity contribution in [2.24, 2.45) is 0 Å². The molecule has 1 aromatic rings. The van der Waals surface area contributed by atoms with E-state index in [1.54, 1.807) is 0 Å². The number of hydrogen-bond donors (Lipinski definition) is 4. The smallest absolute Gasteiger partial charge is 0.321 e. The normalized spacial score (nSPS) is 11.7. The van der Waals surface area contributed by atoms with Crippen molar-refractivity contribution in [3.05, 3.63) is 29.8 Å². The topological polar surface area (TPSA) is 91.7 Å². The maximum atomic E-state index is 12.3. The molecule has 7 nitrogen and oxygen atoms in total. The highest BCUT2D eigenvalue weighted by molar-refractivity contribution is 5.95. The van der Waals surface area contributed by atoms with Gasteiger partial charge in [-0.15, -0.1) is 0 Å². The largest absolute Gasteiger partial charge is 0.336 e. The minimum atomic E-state index is -0.514. The second-order valence-corrected chi connectivity index (χ2v) is 6.39. The molecule has 0 aliphatic heterocycles. The van der Waals surface area contributed by atoms with Crippen LogP contribution >= 0.6 is 0 Å². The molecule has 1 rings (SSSR count). The summed E-state index contributed by atoms with van der Waals surface area (Å²) in [7, 11) is 0. The van der Waals surface area contributed by atoms with Crippen molar-refractivity contribution in [3.63, 3.8) is 0 Å². The van der Waals surface area contributed by atoms with Crippen LogP contribution in [-0.4, -0.2) is 43.5 Å². The fraction of sp³-hybridized carbons (Fsp3) is 0.500. The van der Waals surface area contributed by atoms with E-state index >= 15 is 0 Å². The molecule has 0 spiro atoms. The zero-order chi connectivity index (χ0) is 18.8. The van der Waals surface area contributed by atoms with Crippen molar-refractivity contribution in [3.8, 4) is 0 Å². The van der Waals surface area contributed by atoms with Crippen LogP contribution in [0.2, 0.25) is 0 Å². The molecule has 0 heterocycles. The van der Waals surface area contributed by atoms with E-state index in [1.165, 1.54) is 0 Å². The van der Waals surface area contributed by atoms with Gasteiger partial charge in [0.25, 0.3) is 11.8 Å². The Bertz CT molecular complexity index is 602. The van der Waals surface area contributed by atoms with Crippen molar-refractivity contribution in [1.29, 1.82) is 0 Å². The molecule has 1 aromatic carbocycles. The number of rotatable bonds is 8. The number of para-hydroxylation sites is 1. The van der Waals surface area contributed by atoms with Gasteiger partial charge in [0.05, 0.1) is 6.54 Å². The maximum Gasteiger partial charge on any atom is 0.321 e. The van der Waals surface area contributed by atoms with E-state index in [1.807, 2.05) is 52.0 Å². The molecular weight excluding hydrogens is 320 g/mol. The van der Waals surface area contributed by atoms with Crippen LogP contribution in [0.5, 0.6) is 0 Å². The first kappa shape index (κ1) is 20.6. The molecule has 0 bridgehead atoms. The van der Waals surface area contributed by atoms with E-state index in [4.69, 9.17) is 0 Å². The van der Waals surface area contributed by atoms with Crippen LogP contribution < -0.4 is 20.9 Å². The van der Waals surface area contributed by atoms with E-state index in [0.29, 0.717) is 6.54 Å². The second-order valence-electron chi connectivity index (χ2n) is 6.39. The Balaban J connectivity index is 2.55. The third-order valence-electron chi connectivity index (χ3n) is 3.52. The first-order valence-corrected chi connectivity index (χ1v) is 8.61. The molecule has 25 heavy (non-hydrogen) atoms. The Kier molecular flexibility index (Phi) is 8.63. The van der Waals surface area contributed by atoms with Crippen molar-refractivity contribution in [2.45, 2.75) is 40.2 Å². The molecular formula is C18H29N4O3+. The lowest BCUT2D eigenvalue weighted by atomic mass is 10.2. The first-order valence-electron chi connectivity index (χ1n) is 8.61. The Labute approximate surface area is 149 Å². The number of carbonyl (C=O) groups excluding carboxylic acids is 3. The molecule has 0 radical (unpaired) electrons. The van der Waals surface area contributed by atoms with Crippen molar-refractivity contribution < 1.29 is 19.3 Å². The van der Waals surface area contributed by atoms with Gasteiger partial charge in [-0.05, 0) is 38.8 Å². The van der Waals surface area contributed by atoms with Crippen LogP contribution in [-0.2, 0) is 9.59 Å². The second kappa shape index (κ2) is 10.5. The van der Waals surface area contributed by atoms with Crippen LogP contribution in [0.3, 0.4) is 0 Å². The fourth-order valence-electron chi connectivity index (χ4n) is 2.42. The quantitative estimate of drug-likeness (QED) is 0.550. The maximum absolute atomic E-state index is 12.3. The van der Waals surface area contributed by atoms with Crippen LogP contribution in [0.15, 0.2) is 24.3 Å². The first-order chi connectivity index (χ1) is 11.8. The van der Waals surface area contributed by atoms with Gasteiger partial charge >= 0.3 is 6.03 Å². The molecule has 4 amide bonds. The Morgan fingerprint density at radius 3 is 2.32 bits per heavy atom. The molecule has 0 fully saturated rings. The van der Waals surface area contributed by atoms with Gasteiger partial charge in [0.1, 0.15) is 0 Å². The van der Waals surface area contributed by atoms with Gasteiger partial charge in [0.15, 0.2) is 13.1 Å². The Morgan fingerprint density at radius 2 is 1.72 bits per heavy atom. The lowest BCUT2D eigenvalue weighted by Gasteiger charge is -2.18. The molecule has 138 valence electrons. The summed E-state index contributed by atoms with van der Waals surface area (Å²) in [6.07, 6.45) is 0.832. The molecule has 7 heteroatoms. The van der Waals surface area contributed by atoms with Crippen LogP contribution in [0.4, 0.5) is 10.5 Å². The molecule has 1 atom stereocenters. The highest BCUT2D eigenvalue weighted by Gasteiger charge is 2.19. The van der Waals surface area contributed by atoms with Gasteiger partial charge in [0.2, 0.25) is 0 Å². The summed E-state index contributed by atoms with van der Waals surface area (Å²) in [5.74, 6) is -0.553. The monoisotopic (exact) mass is 349 g/mol. The number of benzene rings is 1. The number of quaternary nitrogens is 1. The van der Waals surface area contributed by atoms with Gasteiger partial charge in [-0.1, -0.05) is 25.1 Å². The number of anilines is 1. The Hall–Kier alpha value is -2.41. The molecule has 0 aliphatic rings. The van der Waals surface area contributed by atoms with E-state index in [9.17, 15) is 14.4 Å². The number of nitrogens with one attached hydrogen (secondary N) is 4. The van der Waals surface area contributed by atoms with Crippen molar-refractivity contribution in [2.75, 3.05) is 25.0 Å². The molecule has 0 saturated carbocycles. The van der Waals surface area contributed by atoms with Gasteiger partial charge in [0, 0.05) is 11.7 Å². The minimum absolute atomic E-state index is 0.0493. The average molecular weight is 349 g/mol. The van der Waals surface area contributed by atoms with E-state index in [2.05, 4.69) is 16.0 Å². The molecule has 4 N–H and O–H groups in total. The third-order valence-corrected chi connectivity index (χ3v) is 3.52. The van der Waals surface area contributed by atoms with Crippen LogP contribution in [0.25, 0.3) is 0 Å². The predicted octanol–water partition coefficient (Wildman–Crippen LogP) is 0.463. The van der Waals surface area contributed by atoms with Crippen LogP contribution in [0, 0.1) is 6.92 Å². The van der Waals surface area contributed by atoms with Gasteiger partial charge in [-0.2, -0.15) is 0 Å². The molecule has 0 aromatic heterocycles. The fourth-order valence-corrected chi connectivity index (χ4v) is 2.42. The summed E-state index contributed by atoms with van der Waals surface area (Å²) in [6, 6.07) is 6.97. The predicted molar refractivity (Wildman–Crippen MR) is 97.5 cm³/mol. The summed E-state index contributed by atoms with van der Waals surface area (Å²) < 4.78 is 0. The van der Waals surface area contributed by atoms with E-state index < -0.39 is 11.9 Å². The highest BCUT2D eigenvalue weighted by Crippen LogP contribution is 2.12. The molecule has 0 aliphatic carbocycles. The van der Waals surface area contributed by atoms with Crippen LogP contribution in [0.1, 0.15) is 32.8 Å². The highest BCUT2D eigenvalue weighted by atomic mass is 16.2. The Morgan fingerprint density at radius 1 is 1.08 bits per heavy atom. The zero-order valence-electron chi connectivity index (χ0n) is 15.4. The summed E-state index contributed by atoms with van der Waals surface area (Å²) in [5.41, 5.74) is 1.75. The van der Waals surface area contributed by atoms with Gasteiger partial charge in [-0.25, -0.2) is 4.79 Å². The number of carbonyl (C=O) groups is 3. The summed E-state index contributed by atoms with van der Waals surface area (Å²) in [4.78, 5) is 36.6. The number of urea groups is 1. The summed E-state index contributed by atoms with van der Waals surface area (Å²) >= 11 is 0. The standard InChI is InChI=1S/C18H28N4O3/c1-5-10-22(12-17(24)21-18(25)19-13(2)3)11-16(23)20-15-9-7-6-8-14(15)4/h6-9,13H,5,10-12H2,1-4H3,(H,20,23)(H2,19,21,24,25)/p+1. The van der Waals surface area contributed by atoms with Crippen molar-refractivity contribution >= 4 is 23.5 Å². The number of amides is 4. The lowest BCUT2D eigenvalue weighted by Crippen LogP contribution is -3.14. The summed E-state index contributed by atoms with van der Waals surface area (Å²) in [6.45, 7) is 8.45. The average Bonchev–Trinajstić information content (AvgIpc) is 2.48. The SMILES string of the molecule is CCC[NH+](CC(=O)NC(=O)NC(C)C)CC(=O)Nc1ccccc1C. The van der Waals surface area contributed by atoms with E-state index in [-0.39, 0.29) is 25.0 Å². The summed E-state index contributed by atoms with van der Waals surface area (Å²) in [5, 5.41) is 7.76. The third kappa shape index (κ3) is 8.30. The van der Waals surface area contributed by atoms with Gasteiger partial charge < -0.3 is 15.5 Å². The number of aryl methyl sites for hydroxylation is 1. The van der Waals surface area contributed by atoms with Crippen molar-refractivity contribution in [1.82, 2.24) is 10.6 Å². The molecule has 1 unspecified atom stereocenters. The van der Waals surface area contributed by atoms with E-state index in [0.717, 1.165) is 22.6 Å². The van der Waals surface area contributed by atoms with Gasteiger partial charge in [-0.3, -0.25) is 14.9 Å². The molecule has 0 saturated heterocycles. The number of hydrogen-bond acceptors (Lipinski definition) is 3. The number of imide groups is 1.